The van der Waals surface area contributed by atoms with E-state index in [0.29, 0.717) is 5.88 Å². The molecule has 0 aromatic carbocycles. The van der Waals surface area contributed by atoms with Crippen molar-refractivity contribution in [3.8, 4) is 23.7 Å². The summed E-state index contributed by atoms with van der Waals surface area (Å²) in [6, 6.07) is 0. The van der Waals surface area contributed by atoms with Gasteiger partial charge in [0, 0.05) is 6.38 Å². The molecule has 0 fully saturated rings. The molecule has 0 saturated heterocycles. The Hall–Kier alpha value is -0.300. The van der Waals surface area contributed by atoms with Crippen molar-refractivity contribution in [2.45, 2.75) is 6.92 Å². The summed E-state index contributed by atoms with van der Waals surface area (Å²) in [5.74, 6) is 10.7. The molecule has 0 radical (unpaired) electrons. The molecule has 0 spiro atoms. The molecule has 0 amide bonds. The molecule has 0 rings (SSSR count). The van der Waals surface area contributed by atoms with Gasteiger partial charge in [0.1, 0.15) is 0 Å². The summed E-state index contributed by atoms with van der Waals surface area (Å²) >= 11 is 9.83. The van der Waals surface area contributed by atoms with Gasteiger partial charge >= 0.3 is 0 Å². The summed E-state index contributed by atoms with van der Waals surface area (Å²) in [6.45, 7) is 1.74. The first-order valence-corrected chi connectivity index (χ1v) is 3.54. The Labute approximate surface area is 66.5 Å². The highest BCUT2D eigenvalue weighted by Gasteiger charge is 1.55. The molecule has 0 saturated carbocycles. The van der Waals surface area contributed by atoms with Crippen LogP contribution in [0.1, 0.15) is 6.92 Å². The second kappa shape index (κ2) is 15.6. The van der Waals surface area contributed by atoms with Gasteiger partial charge in [-0.1, -0.05) is 11.8 Å². The van der Waals surface area contributed by atoms with Crippen LogP contribution in [0, 0.1) is 23.7 Å². The van der Waals surface area contributed by atoms with Crippen molar-refractivity contribution in [3.05, 3.63) is 0 Å². The smallest absolute Gasteiger partial charge is 0.0845 e. The Morgan fingerprint density at radius 2 is 1.78 bits per heavy atom. The van der Waals surface area contributed by atoms with Crippen LogP contribution in [-0.4, -0.2) is 12.3 Å². The van der Waals surface area contributed by atoms with Gasteiger partial charge in [-0.2, -0.15) is 0 Å². The van der Waals surface area contributed by atoms with Crippen molar-refractivity contribution < 1.29 is 0 Å². The van der Waals surface area contributed by atoms with Crippen molar-refractivity contribution in [3.63, 3.8) is 0 Å². The highest BCUT2D eigenvalue weighted by Crippen LogP contribution is 1.64. The first kappa shape index (κ1) is 11.5. The minimum Gasteiger partial charge on any atom is -0.130 e. The minimum absolute atomic E-state index is 0.370. The third-order valence-electron chi connectivity index (χ3n) is 0.343. The lowest BCUT2D eigenvalue weighted by Crippen LogP contribution is -1.55. The fourth-order valence-electron chi connectivity index (χ4n) is 0.140. The molecular weight excluding hydrogens is 155 g/mol. The molecule has 0 N–H and O–H groups in total. The highest BCUT2D eigenvalue weighted by molar-refractivity contribution is 6.19. The topological polar surface area (TPSA) is 0 Å². The van der Waals surface area contributed by atoms with Crippen LogP contribution >= 0.6 is 23.2 Å². The predicted octanol–water partition coefficient (Wildman–Crippen LogP) is 2.11. The molecule has 0 aliphatic rings. The van der Waals surface area contributed by atoms with Crippen molar-refractivity contribution >= 4 is 23.2 Å². The minimum atomic E-state index is 0.370. The van der Waals surface area contributed by atoms with E-state index in [4.69, 9.17) is 11.6 Å². The van der Waals surface area contributed by atoms with E-state index in [1.165, 1.54) is 6.38 Å². The van der Waals surface area contributed by atoms with Gasteiger partial charge in [0.25, 0.3) is 0 Å². The maximum Gasteiger partial charge on any atom is 0.0845 e. The second-order valence-electron chi connectivity index (χ2n) is 0.810. The number of halogens is 2. The van der Waals surface area contributed by atoms with Gasteiger partial charge in [0.2, 0.25) is 0 Å². The third-order valence-corrected chi connectivity index (χ3v) is 0.476. The van der Waals surface area contributed by atoms with E-state index in [2.05, 4.69) is 35.3 Å². The van der Waals surface area contributed by atoms with Gasteiger partial charge in [-0.25, -0.2) is 0 Å². The normalized spacial score (nSPS) is 4.44. The van der Waals surface area contributed by atoms with E-state index < -0.39 is 0 Å². The summed E-state index contributed by atoms with van der Waals surface area (Å²) in [6.07, 6.45) is 1.47. The molecule has 0 atom stereocenters. The van der Waals surface area contributed by atoms with Crippen LogP contribution in [0.15, 0.2) is 0 Å². The molecule has 50 valence electrons. The SMILES string of the molecule is CC#CC#CCCl.CCl. The molecule has 0 bridgehead atoms. The Bertz CT molecular complexity index is 140. The zero-order valence-corrected chi connectivity index (χ0v) is 6.97. The average Bonchev–Trinajstić information content (AvgIpc) is 1.94. The van der Waals surface area contributed by atoms with E-state index in [1.54, 1.807) is 6.92 Å². The van der Waals surface area contributed by atoms with Crippen LogP contribution < -0.4 is 0 Å². The van der Waals surface area contributed by atoms with E-state index in [-0.39, 0.29) is 0 Å². The van der Waals surface area contributed by atoms with Crippen LogP contribution in [0.3, 0.4) is 0 Å². The zero-order chi connectivity index (χ0) is 7.54. The molecule has 9 heavy (non-hydrogen) atoms. The third kappa shape index (κ3) is 18.3. The molecule has 0 heterocycles. The maximum absolute atomic E-state index is 5.20. The second-order valence-corrected chi connectivity index (χ2v) is 1.08. The number of alkyl halides is 2. The Balaban J connectivity index is 0. The number of hydrogen-bond donors (Lipinski definition) is 0. The van der Waals surface area contributed by atoms with Gasteiger partial charge in [-0.05, 0) is 18.8 Å². The van der Waals surface area contributed by atoms with Gasteiger partial charge in [0.05, 0.1) is 5.88 Å². The molecule has 2 heteroatoms. The maximum atomic E-state index is 5.20. The first-order chi connectivity index (χ1) is 4.41. The predicted molar refractivity (Wildman–Crippen MR) is 43.7 cm³/mol. The van der Waals surface area contributed by atoms with Crippen LogP contribution in [0.5, 0.6) is 0 Å². The fourth-order valence-corrected chi connectivity index (χ4v) is 0.207. The summed E-state index contributed by atoms with van der Waals surface area (Å²) in [5, 5.41) is 0. The monoisotopic (exact) mass is 162 g/mol. The van der Waals surface area contributed by atoms with E-state index in [1.807, 2.05) is 0 Å². The van der Waals surface area contributed by atoms with Gasteiger partial charge in [-0.3, -0.25) is 0 Å². The lowest BCUT2D eigenvalue weighted by molar-refractivity contribution is 1.90. The first-order valence-electron chi connectivity index (χ1n) is 2.25. The van der Waals surface area contributed by atoms with E-state index >= 15 is 0 Å². The lowest BCUT2D eigenvalue weighted by Gasteiger charge is -1.57. The summed E-state index contributed by atoms with van der Waals surface area (Å²) < 4.78 is 0. The van der Waals surface area contributed by atoms with Crippen molar-refractivity contribution in [1.29, 1.82) is 0 Å². The Morgan fingerprint density at radius 3 is 2.11 bits per heavy atom. The van der Waals surface area contributed by atoms with Gasteiger partial charge < -0.3 is 0 Å². The molecule has 0 aliphatic heterocycles. The standard InChI is InChI=1S/C6H5Cl.CH3Cl/c1-2-3-4-5-6-7;1-2/h6H2,1H3;1H3. The Morgan fingerprint density at radius 1 is 1.22 bits per heavy atom. The Kier molecular flexibility index (Phi) is 20.0. The van der Waals surface area contributed by atoms with Crippen LogP contribution in [0.2, 0.25) is 0 Å². The van der Waals surface area contributed by atoms with Crippen molar-refractivity contribution in [1.82, 2.24) is 0 Å². The number of hydrogen-bond acceptors (Lipinski definition) is 0. The van der Waals surface area contributed by atoms with E-state index in [9.17, 15) is 0 Å². The lowest BCUT2D eigenvalue weighted by atomic mass is 10.6. The van der Waals surface area contributed by atoms with Crippen molar-refractivity contribution in [2.75, 3.05) is 12.3 Å². The van der Waals surface area contributed by atoms with Crippen LogP contribution in [0.4, 0.5) is 0 Å². The molecule has 0 nitrogen and oxygen atoms in total. The van der Waals surface area contributed by atoms with Crippen LogP contribution in [-0.2, 0) is 0 Å². The highest BCUT2D eigenvalue weighted by atomic mass is 35.5. The van der Waals surface area contributed by atoms with Crippen molar-refractivity contribution in [2.24, 2.45) is 0 Å². The van der Waals surface area contributed by atoms with Gasteiger partial charge in [-0.15, -0.1) is 23.2 Å². The fraction of sp³-hybridized carbons (Fsp3) is 0.429. The molecule has 0 aromatic rings. The van der Waals surface area contributed by atoms with Crippen LogP contribution in [0.25, 0.3) is 0 Å². The van der Waals surface area contributed by atoms with Gasteiger partial charge in [0.15, 0.2) is 0 Å². The molecule has 0 aromatic heterocycles. The molecule has 0 unspecified atom stereocenters. The summed E-state index contributed by atoms with van der Waals surface area (Å²) in [5.41, 5.74) is 0. The summed E-state index contributed by atoms with van der Waals surface area (Å²) in [7, 11) is 0. The molecule has 0 aliphatic carbocycles. The van der Waals surface area contributed by atoms with E-state index in [0.717, 1.165) is 0 Å². The largest absolute Gasteiger partial charge is 0.130 e. The summed E-state index contributed by atoms with van der Waals surface area (Å²) in [4.78, 5) is 0. The molecular formula is C7H8Cl2. The quantitative estimate of drug-likeness (QED) is 0.379. The number of rotatable bonds is 0. The zero-order valence-electron chi connectivity index (χ0n) is 5.46. The average molecular weight is 163 g/mol.